The summed E-state index contributed by atoms with van der Waals surface area (Å²) in [4.78, 5) is 26.6. The Balaban J connectivity index is 2.57. The van der Waals surface area contributed by atoms with E-state index in [-0.39, 0.29) is 16.4 Å². The molecule has 1 N–H and O–H groups in total. The SMILES string of the molecule is CC(=O)c1sc(-c2ccc(Br)c(Cl)c2)nc1C(=O)O. The predicted molar refractivity (Wildman–Crippen MR) is 77.2 cm³/mol. The summed E-state index contributed by atoms with van der Waals surface area (Å²) < 4.78 is 0.736. The second-order valence-electron chi connectivity index (χ2n) is 3.69. The number of aromatic nitrogens is 1. The third-order valence-electron chi connectivity index (χ3n) is 2.32. The molecule has 1 heterocycles. The number of hydrogen-bond acceptors (Lipinski definition) is 4. The Kier molecular flexibility index (Phi) is 4.03. The summed E-state index contributed by atoms with van der Waals surface area (Å²) in [7, 11) is 0. The van der Waals surface area contributed by atoms with Gasteiger partial charge in [0.15, 0.2) is 11.5 Å². The molecule has 2 aromatic rings. The number of benzene rings is 1. The summed E-state index contributed by atoms with van der Waals surface area (Å²) in [5.41, 5.74) is 0.458. The maximum absolute atomic E-state index is 11.4. The first-order valence-corrected chi connectivity index (χ1v) is 7.09. The van der Waals surface area contributed by atoms with Crippen molar-refractivity contribution in [3.05, 3.63) is 38.3 Å². The molecule has 19 heavy (non-hydrogen) atoms. The molecule has 2 rings (SSSR count). The highest BCUT2D eigenvalue weighted by atomic mass is 79.9. The molecular formula is C12H7BrClNO3S. The van der Waals surface area contributed by atoms with Crippen LogP contribution in [-0.4, -0.2) is 21.8 Å². The van der Waals surface area contributed by atoms with E-state index in [1.807, 2.05) is 0 Å². The van der Waals surface area contributed by atoms with Crippen molar-refractivity contribution in [1.29, 1.82) is 0 Å². The Morgan fingerprint density at radius 2 is 2.11 bits per heavy atom. The van der Waals surface area contributed by atoms with Crippen molar-refractivity contribution in [1.82, 2.24) is 4.98 Å². The van der Waals surface area contributed by atoms with Gasteiger partial charge in [-0.25, -0.2) is 9.78 Å². The van der Waals surface area contributed by atoms with Crippen LogP contribution >= 0.6 is 38.9 Å². The van der Waals surface area contributed by atoms with Gasteiger partial charge in [-0.05, 0) is 28.1 Å². The number of rotatable bonds is 3. The summed E-state index contributed by atoms with van der Waals surface area (Å²) in [5.74, 6) is -1.53. The minimum absolute atomic E-state index is 0.140. The minimum Gasteiger partial charge on any atom is -0.476 e. The molecule has 0 aliphatic rings. The molecule has 0 atom stereocenters. The van der Waals surface area contributed by atoms with E-state index in [1.165, 1.54) is 6.92 Å². The van der Waals surface area contributed by atoms with Crippen molar-refractivity contribution in [2.75, 3.05) is 0 Å². The highest BCUT2D eigenvalue weighted by Crippen LogP contribution is 2.32. The molecular weight excluding hydrogens is 354 g/mol. The van der Waals surface area contributed by atoms with Gasteiger partial charge in [-0.15, -0.1) is 11.3 Å². The van der Waals surface area contributed by atoms with Crippen molar-refractivity contribution in [3.8, 4) is 10.6 Å². The molecule has 0 aliphatic carbocycles. The molecule has 0 aliphatic heterocycles. The average Bonchev–Trinajstić information content (AvgIpc) is 2.78. The van der Waals surface area contributed by atoms with E-state index in [9.17, 15) is 9.59 Å². The number of nitrogens with zero attached hydrogens (tertiary/aromatic N) is 1. The van der Waals surface area contributed by atoms with Crippen molar-refractivity contribution < 1.29 is 14.7 Å². The Labute approximate surface area is 126 Å². The molecule has 0 radical (unpaired) electrons. The molecule has 1 aromatic carbocycles. The molecule has 0 bridgehead atoms. The zero-order valence-corrected chi connectivity index (χ0v) is 12.8. The third kappa shape index (κ3) is 2.86. The molecule has 0 amide bonds. The first-order valence-electron chi connectivity index (χ1n) is 5.10. The van der Waals surface area contributed by atoms with Crippen molar-refractivity contribution in [2.24, 2.45) is 0 Å². The van der Waals surface area contributed by atoms with Gasteiger partial charge in [-0.2, -0.15) is 0 Å². The number of aromatic carboxylic acids is 1. The van der Waals surface area contributed by atoms with E-state index in [4.69, 9.17) is 16.7 Å². The standard InChI is InChI=1S/C12H7BrClNO3S/c1-5(16)10-9(12(17)18)15-11(19-10)6-2-3-7(13)8(14)4-6/h2-4H,1H3,(H,17,18). The number of hydrogen-bond donors (Lipinski definition) is 1. The molecule has 0 unspecified atom stereocenters. The first-order chi connectivity index (χ1) is 8.90. The number of halogens is 2. The normalized spacial score (nSPS) is 10.5. The van der Waals surface area contributed by atoms with Gasteiger partial charge >= 0.3 is 5.97 Å². The fourth-order valence-corrected chi connectivity index (χ4v) is 2.83. The number of carboxylic acid groups (broad SMARTS) is 1. The fraction of sp³-hybridized carbons (Fsp3) is 0.0833. The zero-order chi connectivity index (χ0) is 14.2. The van der Waals surface area contributed by atoms with E-state index in [0.29, 0.717) is 15.6 Å². The number of ketones is 1. The van der Waals surface area contributed by atoms with Gasteiger partial charge in [0.1, 0.15) is 9.88 Å². The predicted octanol–water partition coefficient (Wildman–Crippen LogP) is 4.13. The Morgan fingerprint density at radius 3 is 2.58 bits per heavy atom. The second kappa shape index (κ2) is 5.40. The van der Waals surface area contributed by atoms with Gasteiger partial charge in [-0.1, -0.05) is 17.7 Å². The van der Waals surface area contributed by atoms with Crippen LogP contribution in [0.15, 0.2) is 22.7 Å². The second-order valence-corrected chi connectivity index (χ2v) is 5.95. The van der Waals surface area contributed by atoms with Crippen LogP contribution in [-0.2, 0) is 0 Å². The monoisotopic (exact) mass is 359 g/mol. The first kappa shape index (κ1) is 14.2. The fourth-order valence-electron chi connectivity index (χ4n) is 1.46. The van der Waals surface area contributed by atoms with Gasteiger partial charge in [0, 0.05) is 17.0 Å². The van der Waals surface area contributed by atoms with Crippen molar-refractivity contribution >= 4 is 50.6 Å². The molecule has 0 saturated heterocycles. The number of carbonyl (C=O) groups is 2. The summed E-state index contributed by atoms with van der Waals surface area (Å²) in [6.07, 6.45) is 0. The molecule has 0 saturated carbocycles. The highest BCUT2D eigenvalue weighted by molar-refractivity contribution is 9.10. The lowest BCUT2D eigenvalue weighted by atomic mass is 10.2. The number of carbonyl (C=O) groups excluding carboxylic acids is 1. The van der Waals surface area contributed by atoms with Crippen LogP contribution < -0.4 is 0 Å². The smallest absolute Gasteiger partial charge is 0.356 e. The molecule has 0 fully saturated rings. The van der Waals surface area contributed by atoms with Crippen LogP contribution in [0.1, 0.15) is 27.1 Å². The number of Topliss-reactive ketones (excluding diaryl/α,β-unsaturated/α-hetero) is 1. The van der Waals surface area contributed by atoms with Gasteiger partial charge < -0.3 is 5.11 Å². The van der Waals surface area contributed by atoms with Crippen molar-refractivity contribution in [2.45, 2.75) is 6.92 Å². The third-order valence-corrected chi connectivity index (χ3v) is 4.75. The summed E-state index contributed by atoms with van der Waals surface area (Å²) in [5, 5.41) is 9.98. The minimum atomic E-state index is -1.21. The Bertz CT molecular complexity index is 652. The highest BCUT2D eigenvalue weighted by Gasteiger charge is 2.21. The van der Waals surface area contributed by atoms with Crippen LogP contribution in [0.5, 0.6) is 0 Å². The summed E-state index contributed by atoms with van der Waals surface area (Å²) in [6, 6.07) is 5.16. The van der Waals surface area contributed by atoms with E-state index in [0.717, 1.165) is 15.8 Å². The van der Waals surface area contributed by atoms with Crippen LogP contribution in [0.4, 0.5) is 0 Å². The van der Waals surface area contributed by atoms with Crippen LogP contribution in [0.2, 0.25) is 5.02 Å². The Hall–Kier alpha value is -1.24. The van der Waals surface area contributed by atoms with Gasteiger partial charge in [-0.3, -0.25) is 4.79 Å². The van der Waals surface area contributed by atoms with Crippen LogP contribution in [0, 0.1) is 0 Å². The topological polar surface area (TPSA) is 67.3 Å². The lowest BCUT2D eigenvalue weighted by Crippen LogP contribution is -2.03. The van der Waals surface area contributed by atoms with E-state index in [2.05, 4.69) is 20.9 Å². The number of carboxylic acids is 1. The van der Waals surface area contributed by atoms with Crippen LogP contribution in [0.3, 0.4) is 0 Å². The van der Waals surface area contributed by atoms with Gasteiger partial charge in [0.05, 0.1) is 5.02 Å². The summed E-state index contributed by atoms with van der Waals surface area (Å²) in [6.45, 7) is 1.32. The lowest BCUT2D eigenvalue weighted by Gasteiger charge is -1.99. The average molecular weight is 361 g/mol. The van der Waals surface area contributed by atoms with Crippen LogP contribution in [0.25, 0.3) is 10.6 Å². The molecule has 98 valence electrons. The van der Waals surface area contributed by atoms with Gasteiger partial charge in [0.25, 0.3) is 0 Å². The maximum Gasteiger partial charge on any atom is 0.356 e. The molecule has 7 heteroatoms. The number of thiazole rings is 1. The van der Waals surface area contributed by atoms with E-state index < -0.39 is 5.97 Å². The molecule has 1 aromatic heterocycles. The lowest BCUT2D eigenvalue weighted by molar-refractivity contribution is 0.0687. The largest absolute Gasteiger partial charge is 0.476 e. The Morgan fingerprint density at radius 1 is 1.42 bits per heavy atom. The van der Waals surface area contributed by atoms with Crippen molar-refractivity contribution in [3.63, 3.8) is 0 Å². The summed E-state index contributed by atoms with van der Waals surface area (Å²) >= 11 is 10.3. The molecule has 0 spiro atoms. The van der Waals surface area contributed by atoms with E-state index >= 15 is 0 Å². The zero-order valence-electron chi connectivity index (χ0n) is 9.61. The quantitative estimate of drug-likeness (QED) is 0.836. The maximum atomic E-state index is 11.4. The van der Waals surface area contributed by atoms with E-state index in [1.54, 1.807) is 18.2 Å². The van der Waals surface area contributed by atoms with Gasteiger partial charge in [0.2, 0.25) is 0 Å². The molecule has 4 nitrogen and oxygen atoms in total.